The van der Waals surface area contributed by atoms with Crippen LogP contribution in [0.15, 0.2) is 0 Å². The highest BCUT2D eigenvalue weighted by atomic mass is 16.5. The molecule has 94 valence electrons. The molecular weight excluding hydrogens is 210 g/mol. The SMILES string of the molecule is CCC(COC)(C(=O)O)N(C(C)=O)C(C)C. The molecule has 0 bridgehead atoms. The van der Waals surface area contributed by atoms with Crippen molar-refractivity contribution >= 4 is 11.9 Å². The summed E-state index contributed by atoms with van der Waals surface area (Å²) in [4.78, 5) is 24.4. The van der Waals surface area contributed by atoms with Crippen LogP contribution in [-0.4, -0.2) is 47.2 Å². The van der Waals surface area contributed by atoms with E-state index >= 15 is 0 Å². The van der Waals surface area contributed by atoms with E-state index in [4.69, 9.17) is 4.74 Å². The highest BCUT2D eigenvalue weighted by molar-refractivity contribution is 5.86. The quantitative estimate of drug-likeness (QED) is 0.744. The van der Waals surface area contributed by atoms with Crippen molar-refractivity contribution in [3.8, 4) is 0 Å². The summed E-state index contributed by atoms with van der Waals surface area (Å²) in [6, 6.07) is -0.177. The lowest BCUT2D eigenvalue weighted by molar-refractivity contribution is -0.165. The van der Waals surface area contributed by atoms with E-state index in [1.54, 1.807) is 20.8 Å². The summed E-state index contributed by atoms with van der Waals surface area (Å²) >= 11 is 0. The maximum atomic E-state index is 11.6. The number of ether oxygens (including phenoxy) is 1. The zero-order valence-corrected chi connectivity index (χ0v) is 10.6. The van der Waals surface area contributed by atoms with Crippen molar-refractivity contribution in [2.24, 2.45) is 0 Å². The number of rotatable bonds is 6. The first-order valence-electron chi connectivity index (χ1n) is 5.35. The van der Waals surface area contributed by atoms with Crippen LogP contribution in [0.5, 0.6) is 0 Å². The standard InChI is InChI=1S/C11H21NO4/c1-6-11(7-16-5,10(14)15)12(8(2)3)9(4)13/h8H,6-7H2,1-5H3,(H,14,15). The van der Waals surface area contributed by atoms with Gasteiger partial charge in [0.1, 0.15) is 0 Å². The van der Waals surface area contributed by atoms with E-state index < -0.39 is 11.5 Å². The topological polar surface area (TPSA) is 66.8 Å². The van der Waals surface area contributed by atoms with Crippen LogP contribution in [0.1, 0.15) is 34.1 Å². The van der Waals surface area contributed by atoms with Crippen LogP contribution < -0.4 is 0 Å². The van der Waals surface area contributed by atoms with Crippen LogP contribution in [0.4, 0.5) is 0 Å². The van der Waals surface area contributed by atoms with Gasteiger partial charge in [0.25, 0.3) is 0 Å². The molecule has 5 nitrogen and oxygen atoms in total. The number of carboxylic acids is 1. The second-order valence-corrected chi connectivity index (χ2v) is 4.11. The Labute approximate surface area is 96.4 Å². The summed E-state index contributed by atoms with van der Waals surface area (Å²) in [5.74, 6) is -1.28. The Morgan fingerprint density at radius 1 is 1.44 bits per heavy atom. The summed E-state index contributed by atoms with van der Waals surface area (Å²) in [5, 5.41) is 9.35. The highest BCUT2D eigenvalue weighted by Crippen LogP contribution is 2.24. The van der Waals surface area contributed by atoms with Gasteiger partial charge < -0.3 is 14.7 Å². The lowest BCUT2D eigenvalue weighted by atomic mass is 9.93. The normalized spacial score (nSPS) is 14.6. The van der Waals surface area contributed by atoms with Gasteiger partial charge >= 0.3 is 5.97 Å². The van der Waals surface area contributed by atoms with Crippen molar-refractivity contribution in [3.63, 3.8) is 0 Å². The molecule has 0 spiro atoms. The largest absolute Gasteiger partial charge is 0.479 e. The molecule has 0 aliphatic heterocycles. The second-order valence-electron chi connectivity index (χ2n) is 4.11. The minimum absolute atomic E-state index is 0.00338. The first-order chi connectivity index (χ1) is 7.33. The lowest BCUT2D eigenvalue weighted by Crippen LogP contribution is -2.61. The number of methoxy groups -OCH3 is 1. The fraction of sp³-hybridized carbons (Fsp3) is 0.818. The van der Waals surface area contributed by atoms with Crippen molar-refractivity contribution in [2.45, 2.75) is 45.7 Å². The Balaban J connectivity index is 5.41. The molecule has 0 aliphatic rings. The number of hydrogen-bond donors (Lipinski definition) is 1. The summed E-state index contributed by atoms with van der Waals surface area (Å²) in [6.45, 7) is 6.71. The predicted octanol–water partition coefficient (Wildman–Crippen LogP) is 1.12. The van der Waals surface area contributed by atoms with E-state index in [0.29, 0.717) is 6.42 Å². The monoisotopic (exact) mass is 231 g/mol. The molecule has 1 N–H and O–H groups in total. The summed E-state index contributed by atoms with van der Waals surface area (Å²) in [7, 11) is 1.44. The third-order valence-corrected chi connectivity index (χ3v) is 2.68. The van der Waals surface area contributed by atoms with Crippen LogP contribution in [-0.2, 0) is 14.3 Å². The van der Waals surface area contributed by atoms with Gasteiger partial charge in [-0.2, -0.15) is 0 Å². The zero-order chi connectivity index (χ0) is 12.9. The Hall–Kier alpha value is -1.10. The number of amides is 1. The van der Waals surface area contributed by atoms with E-state index in [2.05, 4.69) is 0 Å². The van der Waals surface area contributed by atoms with Crippen molar-refractivity contribution in [1.82, 2.24) is 4.90 Å². The minimum Gasteiger partial charge on any atom is -0.479 e. The zero-order valence-electron chi connectivity index (χ0n) is 10.6. The smallest absolute Gasteiger partial charge is 0.332 e. The fourth-order valence-corrected chi connectivity index (χ4v) is 2.06. The van der Waals surface area contributed by atoms with Crippen molar-refractivity contribution < 1.29 is 19.4 Å². The third kappa shape index (κ3) is 2.72. The van der Waals surface area contributed by atoms with Gasteiger partial charge in [0.05, 0.1) is 6.61 Å². The predicted molar refractivity (Wildman–Crippen MR) is 60.2 cm³/mol. The van der Waals surface area contributed by atoms with Gasteiger partial charge in [-0.3, -0.25) is 4.79 Å². The van der Waals surface area contributed by atoms with Crippen molar-refractivity contribution in [3.05, 3.63) is 0 Å². The molecule has 1 unspecified atom stereocenters. The van der Waals surface area contributed by atoms with E-state index in [1.165, 1.54) is 18.9 Å². The van der Waals surface area contributed by atoms with Gasteiger partial charge in [-0.25, -0.2) is 4.79 Å². The first kappa shape index (κ1) is 14.9. The third-order valence-electron chi connectivity index (χ3n) is 2.68. The molecule has 0 aromatic heterocycles. The molecule has 0 saturated carbocycles. The maximum Gasteiger partial charge on any atom is 0.332 e. The first-order valence-corrected chi connectivity index (χ1v) is 5.35. The summed E-state index contributed by atoms with van der Waals surface area (Å²) in [5.41, 5.74) is -1.27. The Morgan fingerprint density at radius 3 is 2.12 bits per heavy atom. The minimum atomic E-state index is -1.27. The summed E-state index contributed by atoms with van der Waals surface area (Å²) in [6.07, 6.45) is 0.313. The number of carboxylic acid groups (broad SMARTS) is 1. The van der Waals surface area contributed by atoms with Gasteiger partial charge in [-0.1, -0.05) is 6.92 Å². The van der Waals surface area contributed by atoms with Gasteiger partial charge in [-0.05, 0) is 20.3 Å². The number of hydrogen-bond acceptors (Lipinski definition) is 3. The van der Waals surface area contributed by atoms with Crippen LogP contribution >= 0.6 is 0 Å². The molecule has 16 heavy (non-hydrogen) atoms. The molecular formula is C11H21NO4. The second kappa shape index (κ2) is 5.84. The molecule has 0 saturated heterocycles. The number of nitrogens with zero attached hydrogens (tertiary/aromatic N) is 1. The molecule has 0 aliphatic carbocycles. The van der Waals surface area contributed by atoms with Crippen LogP contribution in [0.3, 0.4) is 0 Å². The molecule has 0 fully saturated rings. The van der Waals surface area contributed by atoms with Crippen molar-refractivity contribution in [1.29, 1.82) is 0 Å². The van der Waals surface area contributed by atoms with Crippen LogP contribution in [0.2, 0.25) is 0 Å². The molecule has 0 aromatic carbocycles. The Kier molecular flexibility index (Phi) is 5.44. The molecule has 5 heteroatoms. The number of carbonyl (C=O) groups is 2. The highest BCUT2D eigenvalue weighted by Gasteiger charge is 2.45. The Morgan fingerprint density at radius 2 is 1.94 bits per heavy atom. The van der Waals surface area contributed by atoms with Crippen LogP contribution in [0, 0.1) is 0 Å². The number of aliphatic carboxylic acids is 1. The van der Waals surface area contributed by atoms with E-state index in [-0.39, 0.29) is 18.6 Å². The Bertz CT molecular complexity index is 265. The van der Waals surface area contributed by atoms with E-state index in [9.17, 15) is 14.7 Å². The molecule has 1 amide bonds. The molecule has 1 atom stereocenters. The van der Waals surface area contributed by atoms with Crippen molar-refractivity contribution in [2.75, 3.05) is 13.7 Å². The molecule has 0 rings (SSSR count). The van der Waals surface area contributed by atoms with Gasteiger partial charge in [-0.15, -0.1) is 0 Å². The maximum absolute atomic E-state index is 11.6. The van der Waals surface area contributed by atoms with Gasteiger partial charge in [0, 0.05) is 20.1 Å². The molecule has 0 aromatic rings. The van der Waals surface area contributed by atoms with Gasteiger partial charge in [0.2, 0.25) is 5.91 Å². The molecule has 0 radical (unpaired) electrons. The molecule has 0 heterocycles. The van der Waals surface area contributed by atoms with Crippen LogP contribution in [0.25, 0.3) is 0 Å². The lowest BCUT2D eigenvalue weighted by Gasteiger charge is -2.41. The average molecular weight is 231 g/mol. The van der Waals surface area contributed by atoms with E-state index in [1.807, 2.05) is 0 Å². The van der Waals surface area contributed by atoms with E-state index in [0.717, 1.165) is 0 Å². The summed E-state index contributed by atoms with van der Waals surface area (Å²) < 4.78 is 4.97. The average Bonchev–Trinajstić information content (AvgIpc) is 2.15. The van der Waals surface area contributed by atoms with Gasteiger partial charge in [0.15, 0.2) is 5.54 Å². The number of carbonyl (C=O) groups excluding carboxylic acids is 1. The fourth-order valence-electron chi connectivity index (χ4n) is 2.06.